The standard InChI is InChI=1S/C24H32N4O5S/c1-4-7-23(29)27-22-11-6-10-21(17(22)2)25-18(3)24(30)26-19-8-5-9-20(16-19)34(31,32)28-12-14-33-15-13-28/h5-6,8-11,16,18,25H,4,7,12-15H2,1-3H3,(H,26,30)(H,27,29). The quantitative estimate of drug-likeness (QED) is 0.499. The van der Waals surface area contributed by atoms with Crippen LogP contribution in [0, 0.1) is 6.92 Å². The van der Waals surface area contributed by atoms with Crippen LogP contribution in [-0.4, -0.2) is 56.9 Å². The Balaban J connectivity index is 1.67. The van der Waals surface area contributed by atoms with Gasteiger partial charge in [0, 0.05) is 36.6 Å². The summed E-state index contributed by atoms with van der Waals surface area (Å²) in [5.74, 6) is -0.374. The van der Waals surface area contributed by atoms with E-state index >= 15 is 0 Å². The van der Waals surface area contributed by atoms with Crippen LogP contribution in [0.15, 0.2) is 47.4 Å². The molecule has 9 nitrogen and oxygen atoms in total. The van der Waals surface area contributed by atoms with Crippen molar-refractivity contribution in [2.45, 2.75) is 44.6 Å². The van der Waals surface area contributed by atoms with Gasteiger partial charge in [-0.2, -0.15) is 4.31 Å². The predicted octanol–water partition coefficient (Wildman–Crippen LogP) is 3.19. The van der Waals surface area contributed by atoms with Crippen LogP contribution in [0.3, 0.4) is 0 Å². The number of benzene rings is 2. The minimum Gasteiger partial charge on any atom is -0.379 e. The molecular weight excluding hydrogens is 456 g/mol. The molecule has 1 fully saturated rings. The van der Waals surface area contributed by atoms with E-state index in [1.165, 1.54) is 16.4 Å². The molecule has 184 valence electrons. The molecule has 2 aromatic rings. The summed E-state index contributed by atoms with van der Waals surface area (Å²) < 4.78 is 32.4. The number of sulfonamides is 1. The topological polar surface area (TPSA) is 117 Å². The highest BCUT2D eigenvalue weighted by Crippen LogP contribution is 2.25. The van der Waals surface area contributed by atoms with Gasteiger partial charge < -0.3 is 20.7 Å². The third-order valence-electron chi connectivity index (χ3n) is 5.56. The van der Waals surface area contributed by atoms with Crippen LogP contribution >= 0.6 is 0 Å². The third kappa shape index (κ3) is 6.34. The first-order chi connectivity index (χ1) is 16.2. The predicted molar refractivity (Wildman–Crippen MR) is 132 cm³/mol. The van der Waals surface area contributed by atoms with Gasteiger partial charge in [0.2, 0.25) is 21.8 Å². The number of carbonyl (C=O) groups excluding carboxylic acids is 2. The van der Waals surface area contributed by atoms with Gasteiger partial charge in [-0.3, -0.25) is 9.59 Å². The number of nitrogens with one attached hydrogen (secondary N) is 3. The fourth-order valence-corrected chi connectivity index (χ4v) is 5.04. The number of carbonyl (C=O) groups is 2. The van der Waals surface area contributed by atoms with Gasteiger partial charge in [-0.1, -0.05) is 19.1 Å². The molecule has 0 radical (unpaired) electrons. The van der Waals surface area contributed by atoms with Crippen molar-refractivity contribution in [2.24, 2.45) is 0 Å². The van der Waals surface area contributed by atoms with E-state index in [-0.39, 0.29) is 16.7 Å². The number of nitrogens with zero attached hydrogens (tertiary/aromatic N) is 1. The molecule has 10 heteroatoms. The summed E-state index contributed by atoms with van der Waals surface area (Å²) in [5, 5.41) is 8.84. The molecule has 2 aromatic carbocycles. The number of ether oxygens (including phenoxy) is 1. The molecule has 3 rings (SSSR count). The molecule has 3 N–H and O–H groups in total. The van der Waals surface area contributed by atoms with Crippen molar-refractivity contribution >= 4 is 38.9 Å². The second kappa shape index (κ2) is 11.5. The maximum atomic E-state index is 12.9. The Morgan fingerprint density at radius 2 is 1.74 bits per heavy atom. The Morgan fingerprint density at radius 1 is 1.06 bits per heavy atom. The van der Waals surface area contributed by atoms with Crippen LogP contribution < -0.4 is 16.0 Å². The summed E-state index contributed by atoms with van der Waals surface area (Å²) in [6.45, 7) is 6.86. The van der Waals surface area contributed by atoms with Crippen LogP contribution in [0.1, 0.15) is 32.3 Å². The molecule has 0 aliphatic carbocycles. The van der Waals surface area contributed by atoms with Gasteiger partial charge in [0.05, 0.1) is 18.1 Å². The number of morpholine rings is 1. The van der Waals surface area contributed by atoms with E-state index in [9.17, 15) is 18.0 Å². The minimum atomic E-state index is -3.66. The molecule has 1 aliphatic rings. The zero-order chi connectivity index (χ0) is 24.7. The van der Waals surface area contributed by atoms with E-state index in [1.54, 1.807) is 19.1 Å². The molecule has 1 heterocycles. The Hall–Kier alpha value is -2.95. The number of hydrogen-bond acceptors (Lipinski definition) is 6. The van der Waals surface area contributed by atoms with Gasteiger partial charge >= 0.3 is 0 Å². The zero-order valence-corrected chi connectivity index (χ0v) is 20.6. The lowest BCUT2D eigenvalue weighted by atomic mass is 10.1. The summed E-state index contributed by atoms with van der Waals surface area (Å²) in [6, 6.07) is 11.1. The van der Waals surface area contributed by atoms with Crippen molar-refractivity contribution in [1.82, 2.24) is 4.31 Å². The normalized spacial score (nSPS) is 15.4. The Labute approximate surface area is 200 Å². The fourth-order valence-electron chi connectivity index (χ4n) is 3.59. The van der Waals surface area contributed by atoms with Crippen molar-refractivity contribution in [3.8, 4) is 0 Å². The number of amides is 2. The Kier molecular flexibility index (Phi) is 8.65. The first kappa shape index (κ1) is 25.7. The molecule has 2 amide bonds. The van der Waals surface area contributed by atoms with Crippen LogP contribution in [0.2, 0.25) is 0 Å². The van der Waals surface area contributed by atoms with Crippen LogP contribution in [0.5, 0.6) is 0 Å². The highest BCUT2D eigenvalue weighted by Gasteiger charge is 2.26. The maximum absolute atomic E-state index is 12.9. The highest BCUT2D eigenvalue weighted by molar-refractivity contribution is 7.89. The first-order valence-electron chi connectivity index (χ1n) is 11.4. The molecule has 0 spiro atoms. The number of hydrogen-bond donors (Lipinski definition) is 3. The van der Waals surface area contributed by atoms with E-state index in [0.29, 0.717) is 44.1 Å². The van der Waals surface area contributed by atoms with Crippen molar-refractivity contribution in [3.63, 3.8) is 0 Å². The second-order valence-corrected chi connectivity index (χ2v) is 10.1. The molecule has 0 aromatic heterocycles. The summed E-state index contributed by atoms with van der Waals surface area (Å²) >= 11 is 0. The highest BCUT2D eigenvalue weighted by atomic mass is 32.2. The summed E-state index contributed by atoms with van der Waals surface area (Å²) in [7, 11) is -3.66. The zero-order valence-electron chi connectivity index (χ0n) is 19.8. The molecule has 0 saturated carbocycles. The molecule has 1 atom stereocenters. The van der Waals surface area contributed by atoms with Gasteiger partial charge in [-0.05, 0) is 56.2 Å². The van der Waals surface area contributed by atoms with E-state index in [4.69, 9.17) is 4.74 Å². The average molecular weight is 489 g/mol. The average Bonchev–Trinajstić information content (AvgIpc) is 2.82. The summed E-state index contributed by atoms with van der Waals surface area (Å²) in [5.41, 5.74) is 2.63. The molecule has 1 aliphatic heterocycles. The molecule has 1 unspecified atom stereocenters. The maximum Gasteiger partial charge on any atom is 0.246 e. The SMILES string of the molecule is CCCC(=O)Nc1cccc(NC(C)C(=O)Nc2cccc(S(=O)(=O)N3CCOCC3)c2)c1C. The number of anilines is 3. The molecule has 34 heavy (non-hydrogen) atoms. The Morgan fingerprint density at radius 3 is 2.44 bits per heavy atom. The summed E-state index contributed by atoms with van der Waals surface area (Å²) in [4.78, 5) is 24.9. The largest absolute Gasteiger partial charge is 0.379 e. The minimum absolute atomic E-state index is 0.0551. The van der Waals surface area contributed by atoms with Crippen molar-refractivity contribution < 1.29 is 22.7 Å². The molecule has 1 saturated heterocycles. The molecular formula is C24H32N4O5S. The third-order valence-corrected chi connectivity index (χ3v) is 7.45. The Bertz CT molecular complexity index is 1130. The number of rotatable bonds is 9. The lowest BCUT2D eigenvalue weighted by Gasteiger charge is -2.26. The lowest BCUT2D eigenvalue weighted by Crippen LogP contribution is -2.40. The van der Waals surface area contributed by atoms with Crippen LogP contribution in [-0.2, 0) is 24.3 Å². The second-order valence-electron chi connectivity index (χ2n) is 8.18. The lowest BCUT2D eigenvalue weighted by molar-refractivity contribution is -0.117. The van der Waals surface area contributed by atoms with Gasteiger partial charge in [-0.25, -0.2) is 8.42 Å². The van der Waals surface area contributed by atoms with Gasteiger partial charge in [-0.15, -0.1) is 0 Å². The van der Waals surface area contributed by atoms with Crippen LogP contribution in [0.25, 0.3) is 0 Å². The van der Waals surface area contributed by atoms with E-state index in [0.717, 1.165) is 17.7 Å². The monoisotopic (exact) mass is 488 g/mol. The first-order valence-corrected chi connectivity index (χ1v) is 12.8. The summed E-state index contributed by atoms with van der Waals surface area (Å²) in [6.07, 6.45) is 1.20. The van der Waals surface area contributed by atoms with Gasteiger partial charge in [0.25, 0.3) is 0 Å². The van der Waals surface area contributed by atoms with Crippen molar-refractivity contribution in [3.05, 3.63) is 48.0 Å². The van der Waals surface area contributed by atoms with E-state index in [1.807, 2.05) is 32.0 Å². The van der Waals surface area contributed by atoms with Gasteiger partial charge in [0.15, 0.2) is 0 Å². The smallest absolute Gasteiger partial charge is 0.246 e. The van der Waals surface area contributed by atoms with E-state index < -0.39 is 16.1 Å². The molecule has 0 bridgehead atoms. The fraction of sp³-hybridized carbons (Fsp3) is 0.417. The van der Waals surface area contributed by atoms with Gasteiger partial charge in [0.1, 0.15) is 6.04 Å². The van der Waals surface area contributed by atoms with Crippen molar-refractivity contribution in [2.75, 3.05) is 42.3 Å². The van der Waals surface area contributed by atoms with Crippen LogP contribution in [0.4, 0.5) is 17.1 Å². The van der Waals surface area contributed by atoms with E-state index in [2.05, 4.69) is 16.0 Å². The van der Waals surface area contributed by atoms with Crippen molar-refractivity contribution in [1.29, 1.82) is 0 Å².